The molecule has 0 aromatic heterocycles. The first-order valence-electron chi connectivity index (χ1n) is 7.93. The summed E-state index contributed by atoms with van der Waals surface area (Å²) in [4.78, 5) is 24.8. The van der Waals surface area contributed by atoms with Gasteiger partial charge in [0.15, 0.2) is 0 Å². The summed E-state index contributed by atoms with van der Waals surface area (Å²) in [5.74, 6) is -0.0975. The first-order valence-corrected chi connectivity index (χ1v) is 7.93. The zero-order chi connectivity index (χ0) is 16.7. The third kappa shape index (κ3) is 5.25. The zero-order valence-corrected chi connectivity index (χ0v) is 13.5. The van der Waals surface area contributed by atoms with E-state index in [1.807, 2.05) is 0 Å². The molecular weight excluding hydrogens is 296 g/mol. The van der Waals surface area contributed by atoms with Gasteiger partial charge in [0, 0.05) is 12.6 Å². The van der Waals surface area contributed by atoms with Crippen LogP contribution < -0.4 is 10.5 Å². The predicted octanol–water partition coefficient (Wildman–Crippen LogP) is 1.58. The summed E-state index contributed by atoms with van der Waals surface area (Å²) < 4.78 is 10.4. The fourth-order valence-corrected chi connectivity index (χ4v) is 2.97. The minimum absolute atomic E-state index is 0.260. The first kappa shape index (κ1) is 17.3. The van der Waals surface area contributed by atoms with Crippen molar-refractivity contribution in [2.75, 3.05) is 26.8 Å². The third-order valence-electron chi connectivity index (χ3n) is 4.10. The maximum absolute atomic E-state index is 11.5. The van der Waals surface area contributed by atoms with Crippen molar-refractivity contribution in [2.45, 2.75) is 31.7 Å². The number of hydrogen-bond donors (Lipinski definition) is 1. The van der Waals surface area contributed by atoms with Gasteiger partial charge >= 0.3 is 5.97 Å². The molecule has 2 rings (SSSR count). The van der Waals surface area contributed by atoms with E-state index >= 15 is 0 Å². The van der Waals surface area contributed by atoms with Gasteiger partial charge in [0.2, 0.25) is 5.91 Å². The highest BCUT2D eigenvalue weighted by Gasteiger charge is 2.23. The number of ether oxygens (including phenoxy) is 2. The first-order chi connectivity index (χ1) is 11.1. The summed E-state index contributed by atoms with van der Waals surface area (Å²) in [5, 5.41) is 0. The van der Waals surface area contributed by atoms with Crippen LogP contribution in [-0.2, 0) is 9.53 Å². The maximum Gasteiger partial charge on any atom is 0.337 e. The topological polar surface area (TPSA) is 81.9 Å². The summed E-state index contributed by atoms with van der Waals surface area (Å²) in [6.45, 7) is 1.33. The van der Waals surface area contributed by atoms with Crippen molar-refractivity contribution in [1.82, 2.24) is 4.90 Å². The number of nitrogens with two attached hydrogens (primary N) is 1. The quantitative estimate of drug-likeness (QED) is 0.736. The average molecular weight is 320 g/mol. The van der Waals surface area contributed by atoms with E-state index in [4.69, 9.17) is 15.2 Å². The van der Waals surface area contributed by atoms with Gasteiger partial charge in [-0.05, 0) is 31.0 Å². The molecule has 0 unspecified atom stereocenters. The normalized spacial score (nSPS) is 14.9. The molecule has 2 N–H and O–H groups in total. The second-order valence-corrected chi connectivity index (χ2v) is 5.74. The van der Waals surface area contributed by atoms with E-state index in [9.17, 15) is 9.59 Å². The molecule has 6 heteroatoms. The van der Waals surface area contributed by atoms with E-state index in [-0.39, 0.29) is 12.5 Å². The van der Waals surface area contributed by atoms with Crippen molar-refractivity contribution in [2.24, 2.45) is 5.73 Å². The van der Waals surface area contributed by atoms with E-state index < -0.39 is 5.97 Å². The van der Waals surface area contributed by atoms with Crippen molar-refractivity contribution in [3.8, 4) is 5.75 Å². The Kier molecular flexibility index (Phi) is 6.40. The van der Waals surface area contributed by atoms with Crippen LogP contribution in [0.5, 0.6) is 5.75 Å². The Labute approximate surface area is 136 Å². The highest BCUT2D eigenvalue weighted by molar-refractivity contribution is 5.89. The molecule has 0 bridgehead atoms. The number of primary amides is 1. The summed E-state index contributed by atoms with van der Waals surface area (Å²) in [5.41, 5.74) is 5.79. The molecule has 1 amide bonds. The van der Waals surface area contributed by atoms with Gasteiger partial charge in [-0.15, -0.1) is 0 Å². The number of methoxy groups -OCH3 is 1. The minimum atomic E-state index is -0.392. The average Bonchev–Trinajstić information content (AvgIpc) is 3.07. The van der Waals surface area contributed by atoms with E-state index in [0.29, 0.717) is 30.5 Å². The molecule has 23 heavy (non-hydrogen) atoms. The minimum Gasteiger partial charge on any atom is -0.492 e. The van der Waals surface area contributed by atoms with Crippen LogP contribution in [0.25, 0.3) is 0 Å². The Morgan fingerprint density at radius 3 is 2.70 bits per heavy atom. The van der Waals surface area contributed by atoms with Crippen LogP contribution in [0.15, 0.2) is 24.3 Å². The summed E-state index contributed by atoms with van der Waals surface area (Å²) in [7, 11) is 1.35. The molecule has 0 saturated heterocycles. The Bertz CT molecular complexity index is 541. The Morgan fingerprint density at radius 2 is 2.04 bits per heavy atom. The van der Waals surface area contributed by atoms with E-state index in [0.717, 1.165) is 12.8 Å². The number of nitrogens with zero attached hydrogens (tertiary/aromatic N) is 1. The molecule has 0 atom stereocenters. The van der Waals surface area contributed by atoms with Crippen LogP contribution in [0.1, 0.15) is 36.0 Å². The lowest BCUT2D eigenvalue weighted by atomic mass is 10.2. The van der Waals surface area contributed by atoms with Gasteiger partial charge < -0.3 is 15.2 Å². The smallest absolute Gasteiger partial charge is 0.337 e. The number of carbonyl (C=O) groups excluding carboxylic acids is 2. The van der Waals surface area contributed by atoms with Crippen molar-refractivity contribution >= 4 is 11.9 Å². The van der Waals surface area contributed by atoms with Crippen LogP contribution in [0.2, 0.25) is 0 Å². The molecule has 0 aliphatic heterocycles. The summed E-state index contributed by atoms with van der Waals surface area (Å²) in [6, 6.07) is 7.28. The van der Waals surface area contributed by atoms with Crippen molar-refractivity contribution in [1.29, 1.82) is 0 Å². The van der Waals surface area contributed by atoms with E-state index in [1.54, 1.807) is 24.3 Å². The van der Waals surface area contributed by atoms with Crippen molar-refractivity contribution in [3.63, 3.8) is 0 Å². The van der Waals surface area contributed by atoms with Crippen LogP contribution in [-0.4, -0.2) is 49.6 Å². The molecule has 126 valence electrons. The Balaban J connectivity index is 1.88. The van der Waals surface area contributed by atoms with E-state index in [1.165, 1.54) is 20.0 Å². The SMILES string of the molecule is COC(=O)c1cccc(OCCN(CC(N)=O)C2CCCC2)c1. The van der Waals surface area contributed by atoms with Gasteiger partial charge in [0.1, 0.15) is 12.4 Å². The number of carbonyl (C=O) groups is 2. The predicted molar refractivity (Wildman–Crippen MR) is 86.3 cm³/mol. The largest absolute Gasteiger partial charge is 0.492 e. The van der Waals surface area contributed by atoms with Gasteiger partial charge in [0.25, 0.3) is 0 Å². The molecule has 0 spiro atoms. The van der Waals surface area contributed by atoms with Crippen LogP contribution >= 0.6 is 0 Å². The van der Waals surface area contributed by atoms with Crippen molar-refractivity contribution in [3.05, 3.63) is 29.8 Å². The van der Waals surface area contributed by atoms with E-state index in [2.05, 4.69) is 4.90 Å². The second kappa shape index (κ2) is 8.53. The molecule has 6 nitrogen and oxygen atoms in total. The zero-order valence-electron chi connectivity index (χ0n) is 13.5. The standard InChI is InChI=1S/C17H24N2O4/c1-22-17(21)13-5-4-8-15(11-13)23-10-9-19(12-16(18)20)14-6-2-3-7-14/h4-5,8,11,14H,2-3,6-7,9-10,12H2,1H3,(H2,18,20). The van der Waals surface area contributed by atoms with Crippen molar-refractivity contribution < 1.29 is 19.1 Å². The van der Waals surface area contributed by atoms with Gasteiger partial charge in [-0.3, -0.25) is 9.69 Å². The Morgan fingerprint density at radius 1 is 1.30 bits per heavy atom. The van der Waals surface area contributed by atoms with Gasteiger partial charge in [-0.2, -0.15) is 0 Å². The second-order valence-electron chi connectivity index (χ2n) is 5.74. The fraction of sp³-hybridized carbons (Fsp3) is 0.529. The highest BCUT2D eigenvalue weighted by Crippen LogP contribution is 2.23. The van der Waals surface area contributed by atoms with Crippen LogP contribution in [0, 0.1) is 0 Å². The van der Waals surface area contributed by atoms with Gasteiger partial charge in [-0.25, -0.2) is 4.79 Å². The molecule has 1 aromatic rings. The summed E-state index contributed by atoms with van der Waals surface area (Å²) in [6.07, 6.45) is 4.60. The molecular formula is C17H24N2O4. The van der Waals surface area contributed by atoms with Crippen LogP contribution in [0.3, 0.4) is 0 Å². The molecule has 0 radical (unpaired) electrons. The molecule has 1 aliphatic rings. The summed E-state index contributed by atoms with van der Waals surface area (Å²) >= 11 is 0. The number of benzene rings is 1. The lowest BCUT2D eigenvalue weighted by molar-refractivity contribution is -0.119. The number of esters is 1. The molecule has 0 heterocycles. The lowest BCUT2D eigenvalue weighted by Gasteiger charge is -2.27. The molecule has 1 saturated carbocycles. The number of hydrogen-bond acceptors (Lipinski definition) is 5. The third-order valence-corrected chi connectivity index (χ3v) is 4.10. The monoisotopic (exact) mass is 320 g/mol. The number of rotatable bonds is 8. The Hall–Kier alpha value is -2.08. The maximum atomic E-state index is 11.5. The molecule has 1 aromatic carbocycles. The fourth-order valence-electron chi connectivity index (χ4n) is 2.97. The van der Waals surface area contributed by atoms with Gasteiger partial charge in [-0.1, -0.05) is 18.9 Å². The lowest BCUT2D eigenvalue weighted by Crippen LogP contribution is -2.42. The van der Waals surface area contributed by atoms with Gasteiger partial charge in [0.05, 0.1) is 19.2 Å². The molecule has 1 aliphatic carbocycles. The van der Waals surface area contributed by atoms with Crippen LogP contribution in [0.4, 0.5) is 0 Å². The number of amides is 1. The highest BCUT2D eigenvalue weighted by atomic mass is 16.5. The molecule has 1 fully saturated rings.